The standard InChI is InChI=1S/C20H22BN3O5S3/c1-3-22-21-32-16(26)8-15-18(27)24-17(20(28)29)12(10-31-19(15)24)9-30-14-6-4-13(5-7-14)23-11(2)25/h4-7,15,19H,3,8-10H2,1-2H3,(H,23,25)(H,28,29). The van der Waals surface area contributed by atoms with E-state index in [0.29, 0.717) is 29.3 Å². The first-order valence-corrected chi connectivity index (χ1v) is 12.8. The molecule has 32 heavy (non-hydrogen) atoms. The molecular formula is C20H22BN3O5S3. The molecule has 0 spiro atoms. The van der Waals surface area contributed by atoms with E-state index >= 15 is 0 Å². The molecule has 1 fully saturated rings. The number of thioether (sulfide) groups is 2. The molecule has 0 bridgehead atoms. The second-order valence-corrected chi connectivity index (χ2v) is 10.1. The van der Waals surface area contributed by atoms with E-state index in [1.807, 2.05) is 19.1 Å². The number of nitrogens with one attached hydrogen (secondary N) is 1. The number of carboxylic acid groups (broad SMARTS) is 1. The van der Waals surface area contributed by atoms with Gasteiger partial charge in [-0.3, -0.25) is 4.79 Å². The number of aliphatic carboxylic acids is 1. The van der Waals surface area contributed by atoms with Gasteiger partial charge in [0.1, 0.15) is 0 Å². The normalized spacial score (nSPS) is 19.9. The molecule has 2 heterocycles. The van der Waals surface area contributed by atoms with E-state index in [4.69, 9.17) is 0 Å². The fraction of sp³-hybridized carbons (Fsp3) is 0.400. The number of hydrogen-bond acceptors (Lipinski definition) is 8. The molecule has 168 valence electrons. The number of carboxylic acids is 1. The molecule has 1 aromatic carbocycles. The molecule has 2 aliphatic heterocycles. The third-order valence-corrected chi connectivity index (χ3v) is 7.95. The van der Waals surface area contributed by atoms with E-state index in [0.717, 1.165) is 16.5 Å². The van der Waals surface area contributed by atoms with E-state index in [2.05, 4.69) is 10.2 Å². The summed E-state index contributed by atoms with van der Waals surface area (Å²) in [7, 11) is 0. The van der Waals surface area contributed by atoms with Crippen LogP contribution in [0.25, 0.3) is 0 Å². The first kappa shape index (κ1) is 24.6. The van der Waals surface area contributed by atoms with Crippen molar-refractivity contribution in [3.8, 4) is 0 Å². The zero-order valence-electron chi connectivity index (χ0n) is 17.6. The predicted molar refractivity (Wildman–Crippen MR) is 129 cm³/mol. The molecule has 2 N–H and O–H groups in total. The average molecular weight is 491 g/mol. The van der Waals surface area contributed by atoms with E-state index < -0.39 is 11.9 Å². The van der Waals surface area contributed by atoms with Crippen LogP contribution in [0, 0.1) is 5.92 Å². The number of anilines is 1. The molecule has 2 atom stereocenters. The topological polar surface area (TPSA) is 116 Å². The van der Waals surface area contributed by atoms with E-state index in [1.54, 1.807) is 12.1 Å². The number of carbonyl (C=O) groups excluding carboxylic acids is 3. The van der Waals surface area contributed by atoms with Crippen LogP contribution in [0.15, 0.2) is 45.3 Å². The van der Waals surface area contributed by atoms with Gasteiger partial charge in [-0.1, -0.05) is 0 Å². The molecule has 1 aromatic rings. The van der Waals surface area contributed by atoms with Crippen molar-refractivity contribution >= 4 is 70.1 Å². The van der Waals surface area contributed by atoms with Gasteiger partial charge in [0.2, 0.25) is 5.91 Å². The van der Waals surface area contributed by atoms with Gasteiger partial charge in [0.25, 0.3) is 0 Å². The van der Waals surface area contributed by atoms with Crippen LogP contribution < -0.4 is 5.32 Å². The van der Waals surface area contributed by atoms with Crippen molar-refractivity contribution in [1.82, 2.24) is 4.90 Å². The van der Waals surface area contributed by atoms with Gasteiger partial charge in [-0.05, 0) is 12.1 Å². The molecule has 2 unspecified atom stereocenters. The van der Waals surface area contributed by atoms with E-state index in [-0.39, 0.29) is 34.4 Å². The summed E-state index contributed by atoms with van der Waals surface area (Å²) in [4.78, 5) is 54.1. The summed E-state index contributed by atoms with van der Waals surface area (Å²) in [5.41, 5.74) is 1.40. The predicted octanol–water partition coefficient (Wildman–Crippen LogP) is 3.08. The fourth-order valence-electron chi connectivity index (χ4n) is 3.34. The second-order valence-electron chi connectivity index (χ2n) is 7.07. The summed E-state index contributed by atoms with van der Waals surface area (Å²) in [6, 6.07) is 7.27. The number of β-lactam (4-membered cyclic amide) rings is 1. The molecule has 0 aliphatic carbocycles. The van der Waals surface area contributed by atoms with Gasteiger partial charge in [-0.25, -0.2) is 0 Å². The van der Waals surface area contributed by atoms with Crippen LogP contribution >= 0.6 is 35.1 Å². The van der Waals surface area contributed by atoms with Crippen LogP contribution in [0.4, 0.5) is 5.69 Å². The first-order chi connectivity index (χ1) is 15.3. The van der Waals surface area contributed by atoms with Crippen LogP contribution in [0.5, 0.6) is 0 Å². The molecule has 1 saturated heterocycles. The van der Waals surface area contributed by atoms with E-state index in [9.17, 15) is 24.3 Å². The molecule has 2 amide bonds. The number of fused-ring (bicyclic) bond motifs is 1. The summed E-state index contributed by atoms with van der Waals surface area (Å²) < 4.78 is 0. The maximum atomic E-state index is 12.7. The zero-order valence-corrected chi connectivity index (χ0v) is 20.0. The summed E-state index contributed by atoms with van der Waals surface area (Å²) in [6.07, 6.45) is 1.56. The quantitative estimate of drug-likeness (QED) is 0.308. The maximum absolute atomic E-state index is 12.7. The average Bonchev–Trinajstić information content (AvgIpc) is 2.76. The Balaban J connectivity index is 1.65. The Morgan fingerprint density at radius 2 is 2.03 bits per heavy atom. The summed E-state index contributed by atoms with van der Waals surface area (Å²) in [5, 5.41) is 12.0. The van der Waals surface area contributed by atoms with Gasteiger partial charge in [-0.2, -0.15) is 0 Å². The number of carbonyl (C=O) groups is 4. The van der Waals surface area contributed by atoms with Crippen LogP contribution in [0.2, 0.25) is 0 Å². The molecular weight excluding hydrogens is 469 g/mol. The SMILES string of the molecule is CCN=BSC(=O)CC1C(=O)N2C(C(=O)O)=C(CSc3ccc(NC(C)=O)cc3)CSC12. The van der Waals surface area contributed by atoms with Gasteiger partial charge in [0.15, 0.2) is 0 Å². The monoisotopic (exact) mass is 491 g/mol. The zero-order chi connectivity index (χ0) is 23.3. The van der Waals surface area contributed by atoms with Gasteiger partial charge < -0.3 is 5.32 Å². The van der Waals surface area contributed by atoms with Crippen LogP contribution in [-0.2, 0) is 19.2 Å². The number of benzene rings is 1. The second kappa shape index (κ2) is 11.2. The summed E-state index contributed by atoms with van der Waals surface area (Å²) in [5.74, 6) is -1.18. The minimum absolute atomic E-state index is 0.0324. The molecule has 0 aromatic heterocycles. The molecule has 12 heteroatoms. The Hall–Kier alpha value is -2.05. The van der Waals surface area contributed by atoms with Gasteiger partial charge >= 0.3 is 159 Å². The van der Waals surface area contributed by atoms with Crippen molar-refractivity contribution in [2.24, 2.45) is 10.8 Å². The molecule has 8 nitrogen and oxygen atoms in total. The number of amides is 2. The van der Waals surface area contributed by atoms with Crippen molar-refractivity contribution in [3.63, 3.8) is 0 Å². The Morgan fingerprint density at radius 1 is 1.31 bits per heavy atom. The number of hydrogen-bond donors (Lipinski definition) is 2. The van der Waals surface area contributed by atoms with Crippen molar-refractivity contribution in [1.29, 1.82) is 0 Å². The Bertz CT molecular complexity index is 983. The first-order valence-electron chi connectivity index (χ1n) is 9.90. The van der Waals surface area contributed by atoms with Crippen molar-refractivity contribution in [2.45, 2.75) is 30.5 Å². The van der Waals surface area contributed by atoms with Crippen LogP contribution in [0.1, 0.15) is 20.3 Å². The molecule has 2 aliphatic rings. The molecule has 3 rings (SSSR count). The van der Waals surface area contributed by atoms with Gasteiger partial charge in [-0.15, -0.1) is 0 Å². The summed E-state index contributed by atoms with van der Waals surface area (Å²) >= 11 is 3.94. The van der Waals surface area contributed by atoms with Crippen molar-refractivity contribution < 1.29 is 24.3 Å². The van der Waals surface area contributed by atoms with Crippen LogP contribution in [-0.4, -0.2) is 62.7 Å². The molecule has 0 radical (unpaired) electrons. The van der Waals surface area contributed by atoms with Crippen molar-refractivity contribution in [2.75, 3.05) is 23.4 Å². The Kier molecular flexibility index (Phi) is 8.61. The van der Waals surface area contributed by atoms with Crippen LogP contribution in [0.3, 0.4) is 0 Å². The van der Waals surface area contributed by atoms with E-state index in [1.165, 1.54) is 41.7 Å². The third-order valence-electron chi connectivity index (χ3n) is 4.78. The van der Waals surface area contributed by atoms with Gasteiger partial charge in [0.05, 0.1) is 0 Å². The fourth-order valence-corrected chi connectivity index (χ4v) is 6.40. The third kappa shape index (κ3) is 5.84. The van der Waals surface area contributed by atoms with Gasteiger partial charge in [0, 0.05) is 12.6 Å². The Labute approximate surface area is 199 Å². The Morgan fingerprint density at radius 3 is 2.66 bits per heavy atom. The molecule has 0 saturated carbocycles. The number of nitrogens with zero attached hydrogens (tertiary/aromatic N) is 2. The number of rotatable bonds is 9. The minimum atomic E-state index is -1.13. The van der Waals surface area contributed by atoms with Crippen molar-refractivity contribution in [3.05, 3.63) is 35.5 Å². The summed E-state index contributed by atoms with van der Waals surface area (Å²) in [6.45, 7) is 3.89.